The lowest BCUT2D eigenvalue weighted by Crippen LogP contribution is -2.15. The van der Waals surface area contributed by atoms with Crippen molar-refractivity contribution in [2.75, 3.05) is 5.73 Å². The Morgan fingerprint density at radius 2 is 2.30 bits per heavy atom. The van der Waals surface area contributed by atoms with E-state index >= 15 is 0 Å². The van der Waals surface area contributed by atoms with E-state index in [1.807, 2.05) is 0 Å². The van der Waals surface area contributed by atoms with Gasteiger partial charge in [0.25, 0.3) is 0 Å². The predicted octanol–water partition coefficient (Wildman–Crippen LogP) is -0.200. The van der Waals surface area contributed by atoms with Crippen LogP contribution >= 0.6 is 0 Å². The molecule has 1 rings (SSSR count). The summed E-state index contributed by atoms with van der Waals surface area (Å²) in [5.41, 5.74) is 4.50. The fourth-order valence-corrected chi connectivity index (χ4v) is 0.594. The number of H-pyrrole nitrogens is 1. The Labute approximate surface area is 55.9 Å². The van der Waals surface area contributed by atoms with Crippen molar-refractivity contribution in [2.24, 2.45) is 0 Å². The van der Waals surface area contributed by atoms with E-state index in [0.717, 1.165) is 0 Å². The average Bonchev–Trinajstić information content (AvgIpc) is 1.82. The second-order valence-electron chi connectivity index (χ2n) is 1.87. The van der Waals surface area contributed by atoms with E-state index in [1.165, 1.54) is 6.92 Å². The lowest BCUT2D eigenvalue weighted by Gasteiger charge is -1.95. The maximum absolute atomic E-state index is 12.6. The quantitative estimate of drug-likeness (QED) is 0.528. The van der Waals surface area contributed by atoms with E-state index in [-0.39, 0.29) is 11.5 Å². The molecule has 54 valence electrons. The molecule has 1 aromatic rings. The molecule has 3 N–H and O–H groups in total. The Morgan fingerprint density at radius 1 is 1.70 bits per heavy atom. The summed E-state index contributed by atoms with van der Waals surface area (Å²) in [6.07, 6.45) is 0. The zero-order valence-electron chi connectivity index (χ0n) is 5.31. The van der Waals surface area contributed by atoms with Gasteiger partial charge in [-0.1, -0.05) is 0 Å². The first-order valence-corrected chi connectivity index (χ1v) is 2.63. The third kappa shape index (κ3) is 0.975. The van der Waals surface area contributed by atoms with Crippen LogP contribution in [0.2, 0.25) is 0 Å². The molecule has 0 radical (unpaired) electrons. The lowest BCUT2D eigenvalue weighted by atomic mass is 10.4. The molecule has 10 heavy (non-hydrogen) atoms. The molecular weight excluding hydrogens is 137 g/mol. The average molecular weight is 143 g/mol. The first-order chi connectivity index (χ1) is 4.61. The number of nitrogen functional groups attached to an aromatic ring is 1. The van der Waals surface area contributed by atoms with E-state index in [1.54, 1.807) is 0 Å². The molecule has 0 saturated carbocycles. The molecule has 1 aromatic heterocycles. The summed E-state index contributed by atoms with van der Waals surface area (Å²) >= 11 is 0. The molecule has 0 bridgehead atoms. The van der Waals surface area contributed by atoms with E-state index in [4.69, 9.17) is 5.73 Å². The Hall–Kier alpha value is -1.39. The molecule has 0 amide bonds. The molecule has 0 fully saturated rings. The van der Waals surface area contributed by atoms with Gasteiger partial charge in [-0.25, -0.2) is 9.18 Å². The van der Waals surface area contributed by atoms with Crippen molar-refractivity contribution in [2.45, 2.75) is 6.92 Å². The Balaban J connectivity index is 3.46. The lowest BCUT2D eigenvalue weighted by molar-refractivity contribution is 0.604. The van der Waals surface area contributed by atoms with Gasteiger partial charge >= 0.3 is 5.69 Å². The highest BCUT2D eigenvalue weighted by Gasteiger charge is 2.03. The van der Waals surface area contributed by atoms with Crippen LogP contribution in [-0.4, -0.2) is 9.97 Å². The van der Waals surface area contributed by atoms with Gasteiger partial charge in [-0.3, -0.25) is 0 Å². The molecule has 0 atom stereocenters. The van der Waals surface area contributed by atoms with E-state index in [2.05, 4.69) is 9.97 Å². The van der Waals surface area contributed by atoms with Crippen molar-refractivity contribution < 1.29 is 4.39 Å². The first-order valence-electron chi connectivity index (χ1n) is 2.63. The fourth-order valence-electron chi connectivity index (χ4n) is 0.594. The van der Waals surface area contributed by atoms with Crippen LogP contribution in [0.3, 0.4) is 0 Å². The van der Waals surface area contributed by atoms with Crippen molar-refractivity contribution in [3.05, 3.63) is 22.0 Å². The first kappa shape index (κ1) is 6.73. The molecule has 0 aliphatic heterocycles. The third-order valence-corrected chi connectivity index (χ3v) is 1.07. The standard InChI is InChI=1S/C5H6FN3O/c1-2-3(6)4(7)9-5(10)8-2/h1H3,(H3,7,8,9,10). The zero-order valence-corrected chi connectivity index (χ0v) is 5.31. The van der Waals surface area contributed by atoms with Crippen molar-refractivity contribution in [1.29, 1.82) is 0 Å². The number of aryl methyl sites for hydroxylation is 1. The largest absolute Gasteiger partial charge is 0.381 e. The topological polar surface area (TPSA) is 71.8 Å². The minimum Gasteiger partial charge on any atom is -0.381 e. The van der Waals surface area contributed by atoms with Crippen LogP contribution in [0.5, 0.6) is 0 Å². The number of aromatic nitrogens is 2. The number of nitrogens with two attached hydrogens (primary N) is 1. The van der Waals surface area contributed by atoms with Crippen LogP contribution in [-0.2, 0) is 0 Å². The fraction of sp³-hybridized carbons (Fsp3) is 0.200. The number of hydrogen-bond donors (Lipinski definition) is 2. The Kier molecular flexibility index (Phi) is 1.41. The smallest absolute Gasteiger partial charge is 0.347 e. The van der Waals surface area contributed by atoms with Crippen LogP contribution in [0.15, 0.2) is 4.79 Å². The summed E-state index contributed by atoms with van der Waals surface area (Å²) in [6.45, 7) is 1.41. The maximum atomic E-state index is 12.6. The minimum absolute atomic E-state index is 0.109. The van der Waals surface area contributed by atoms with Gasteiger partial charge in [-0.2, -0.15) is 4.98 Å². The summed E-state index contributed by atoms with van der Waals surface area (Å²) in [4.78, 5) is 15.7. The molecule has 1 heterocycles. The number of anilines is 1. The van der Waals surface area contributed by atoms with Crippen molar-refractivity contribution in [3.63, 3.8) is 0 Å². The van der Waals surface area contributed by atoms with Gasteiger partial charge in [-0.05, 0) is 6.92 Å². The molecule has 5 heteroatoms. The third-order valence-electron chi connectivity index (χ3n) is 1.07. The normalized spacial score (nSPS) is 9.80. The molecule has 0 saturated heterocycles. The molecule has 0 spiro atoms. The summed E-state index contributed by atoms with van der Waals surface area (Å²) in [7, 11) is 0. The molecule has 0 aliphatic rings. The maximum Gasteiger partial charge on any atom is 0.347 e. The summed E-state index contributed by atoms with van der Waals surface area (Å²) < 4.78 is 12.6. The van der Waals surface area contributed by atoms with Crippen molar-refractivity contribution >= 4 is 5.82 Å². The summed E-state index contributed by atoms with van der Waals surface area (Å²) in [6, 6.07) is 0. The SMILES string of the molecule is Cc1[nH]c(=O)nc(N)c1F. The number of nitrogens with zero attached hydrogens (tertiary/aromatic N) is 1. The van der Waals surface area contributed by atoms with Crippen molar-refractivity contribution in [3.8, 4) is 0 Å². The highest BCUT2D eigenvalue weighted by atomic mass is 19.1. The number of aromatic amines is 1. The van der Waals surface area contributed by atoms with Gasteiger partial charge in [0.15, 0.2) is 11.6 Å². The van der Waals surface area contributed by atoms with Gasteiger partial charge < -0.3 is 10.7 Å². The van der Waals surface area contributed by atoms with Gasteiger partial charge in [0.05, 0.1) is 5.69 Å². The number of nitrogens with one attached hydrogen (secondary N) is 1. The van der Waals surface area contributed by atoms with Crippen LogP contribution in [0.1, 0.15) is 5.69 Å². The molecular formula is C5H6FN3O. The van der Waals surface area contributed by atoms with Crippen LogP contribution in [0.4, 0.5) is 10.2 Å². The number of hydrogen-bond acceptors (Lipinski definition) is 3. The van der Waals surface area contributed by atoms with Gasteiger partial charge in [-0.15, -0.1) is 0 Å². The van der Waals surface area contributed by atoms with Gasteiger partial charge in [0.2, 0.25) is 0 Å². The summed E-state index contributed by atoms with van der Waals surface area (Å²) in [5.74, 6) is -1.03. The van der Waals surface area contributed by atoms with Gasteiger partial charge in [0.1, 0.15) is 0 Å². The Bertz CT molecular complexity index is 280. The highest BCUT2D eigenvalue weighted by molar-refractivity contribution is 5.29. The van der Waals surface area contributed by atoms with Gasteiger partial charge in [0, 0.05) is 0 Å². The number of rotatable bonds is 0. The van der Waals surface area contributed by atoms with E-state index < -0.39 is 11.5 Å². The monoisotopic (exact) mass is 143 g/mol. The minimum atomic E-state index is -0.667. The molecule has 0 aliphatic carbocycles. The second-order valence-corrected chi connectivity index (χ2v) is 1.87. The van der Waals surface area contributed by atoms with Crippen molar-refractivity contribution in [1.82, 2.24) is 9.97 Å². The highest BCUT2D eigenvalue weighted by Crippen LogP contribution is 2.04. The molecule has 4 nitrogen and oxygen atoms in total. The summed E-state index contributed by atoms with van der Waals surface area (Å²) in [5, 5.41) is 0. The van der Waals surface area contributed by atoms with E-state index in [0.29, 0.717) is 0 Å². The van der Waals surface area contributed by atoms with Crippen LogP contribution in [0.25, 0.3) is 0 Å². The predicted molar refractivity (Wildman–Crippen MR) is 34.0 cm³/mol. The van der Waals surface area contributed by atoms with E-state index in [9.17, 15) is 9.18 Å². The molecule has 0 unspecified atom stereocenters. The zero-order chi connectivity index (χ0) is 7.72. The second kappa shape index (κ2) is 2.09. The van der Waals surface area contributed by atoms with Crippen LogP contribution < -0.4 is 11.4 Å². The van der Waals surface area contributed by atoms with Crippen LogP contribution in [0, 0.1) is 12.7 Å². The number of halogens is 1. The Morgan fingerprint density at radius 3 is 2.80 bits per heavy atom. The molecule has 0 aromatic carbocycles.